The number of methoxy groups -OCH3 is 2. The number of rotatable bonds is 10. The Labute approximate surface area is 181 Å². The first-order valence-electron chi connectivity index (χ1n) is 8.81. The third-order valence-corrected chi connectivity index (χ3v) is 5.29. The van der Waals surface area contributed by atoms with Gasteiger partial charge in [-0.3, -0.25) is 14.5 Å². The van der Waals surface area contributed by atoms with Gasteiger partial charge in [0.25, 0.3) is 11.1 Å². The lowest BCUT2D eigenvalue weighted by Crippen LogP contribution is -2.29. The highest BCUT2D eigenvalue weighted by atomic mass is 79.9. The van der Waals surface area contributed by atoms with E-state index in [1.165, 1.54) is 12.0 Å². The number of thioether (sulfide) groups is 1. The van der Waals surface area contributed by atoms with Crippen LogP contribution >= 0.6 is 27.7 Å². The molecule has 0 radical (unpaired) electrons. The van der Waals surface area contributed by atoms with Crippen molar-refractivity contribution in [3.8, 4) is 11.5 Å². The summed E-state index contributed by atoms with van der Waals surface area (Å²) in [5, 5.41) is -0.308. The van der Waals surface area contributed by atoms with E-state index in [1.807, 2.05) is 0 Å². The van der Waals surface area contributed by atoms with Gasteiger partial charge < -0.3 is 18.9 Å². The largest absolute Gasteiger partial charge is 0.493 e. The van der Waals surface area contributed by atoms with Gasteiger partial charge in [-0.25, -0.2) is 4.79 Å². The normalized spacial score (nSPS) is 15.2. The van der Waals surface area contributed by atoms with Crippen molar-refractivity contribution >= 4 is 50.9 Å². The highest BCUT2D eigenvalue weighted by molar-refractivity contribution is 9.10. The van der Waals surface area contributed by atoms with Crippen molar-refractivity contribution in [2.75, 3.05) is 40.6 Å². The highest BCUT2D eigenvalue weighted by Crippen LogP contribution is 2.39. The molecule has 29 heavy (non-hydrogen) atoms. The van der Waals surface area contributed by atoms with Crippen molar-refractivity contribution in [3.63, 3.8) is 0 Å². The summed E-state index contributed by atoms with van der Waals surface area (Å²) in [4.78, 5) is 37.7. The number of ether oxygens (including phenoxy) is 4. The predicted molar refractivity (Wildman–Crippen MR) is 112 cm³/mol. The van der Waals surface area contributed by atoms with Gasteiger partial charge in [0.1, 0.15) is 0 Å². The molecule has 1 aliphatic heterocycles. The van der Waals surface area contributed by atoms with Crippen LogP contribution in [0.25, 0.3) is 6.08 Å². The van der Waals surface area contributed by atoms with Crippen LogP contribution in [0, 0.1) is 0 Å². The summed E-state index contributed by atoms with van der Waals surface area (Å²) in [6.45, 7) is 2.49. The standard InChI is InChI=1S/C19H22BrNO7S/c1-4-27-16(22)11-28-17-13(20)8-12(9-14(17)26-3)10-15-18(23)21(19(24)29-15)6-5-7-25-2/h8-10H,4-7,11H2,1-3H3/b15-10+. The molecule has 0 N–H and O–H groups in total. The van der Waals surface area contributed by atoms with Gasteiger partial charge in [-0.15, -0.1) is 0 Å². The topological polar surface area (TPSA) is 91.4 Å². The minimum absolute atomic E-state index is 0.261. The fourth-order valence-corrected chi connectivity index (χ4v) is 3.95. The lowest BCUT2D eigenvalue weighted by atomic mass is 10.2. The molecule has 1 saturated heterocycles. The minimum Gasteiger partial charge on any atom is -0.493 e. The maximum absolute atomic E-state index is 12.5. The summed E-state index contributed by atoms with van der Waals surface area (Å²) in [6, 6.07) is 3.37. The van der Waals surface area contributed by atoms with E-state index in [4.69, 9.17) is 18.9 Å². The average Bonchev–Trinajstić information content (AvgIpc) is 2.94. The Bertz CT molecular complexity index is 812. The van der Waals surface area contributed by atoms with Crippen molar-refractivity contribution in [1.29, 1.82) is 0 Å². The molecule has 158 valence electrons. The van der Waals surface area contributed by atoms with Gasteiger partial charge in [0.2, 0.25) is 0 Å². The maximum Gasteiger partial charge on any atom is 0.344 e. The number of esters is 1. The van der Waals surface area contributed by atoms with Gasteiger partial charge in [-0.2, -0.15) is 0 Å². The molecule has 1 heterocycles. The van der Waals surface area contributed by atoms with Gasteiger partial charge in [0.05, 0.1) is 23.1 Å². The molecule has 0 spiro atoms. The van der Waals surface area contributed by atoms with Gasteiger partial charge in [-0.05, 0) is 64.8 Å². The van der Waals surface area contributed by atoms with Crippen LogP contribution in [0.4, 0.5) is 4.79 Å². The van der Waals surface area contributed by atoms with Crippen LogP contribution in [0.3, 0.4) is 0 Å². The number of carbonyl (C=O) groups excluding carboxylic acids is 3. The second-order valence-electron chi connectivity index (χ2n) is 5.81. The zero-order valence-corrected chi connectivity index (χ0v) is 18.8. The van der Waals surface area contributed by atoms with Crippen LogP contribution in [0.5, 0.6) is 11.5 Å². The molecule has 2 amide bonds. The van der Waals surface area contributed by atoms with Crippen molar-refractivity contribution in [2.45, 2.75) is 13.3 Å². The Morgan fingerprint density at radius 2 is 2.03 bits per heavy atom. The SMILES string of the molecule is CCOC(=O)COc1c(Br)cc(/C=C2/SC(=O)N(CCCOC)C2=O)cc1OC. The Kier molecular flexibility index (Phi) is 8.99. The lowest BCUT2D eigenvalue weighted by Gasteiger charge is -2.13. The van der Waals surface area contributed by atoms with Crippen LogP contribution in [-0.2, 0) is 19.1 Å². The monoisotopic (exact) mass is 487 g/mol. The Morgan fingerprint density at radius 1 is 1.28 bits per heavy atom. The average molecular weight is 488 g/mol. The van der Waals surface area contributed by atoms with E-state index in [-0.39, 0.29) is 24.4 Å². The van der Waals surface area contributed by atoms with Crippen molar-refractivity contribution in [1.82, 2.24) is 4.90 Å². The molecule has 0 atom stereocenters. The number of benzene rings is 1. The molecular formula is C19H22BrNO7S. The molecule has 0 unspecified atom stereocenters. The third-order valence-electron chi connectivity index (χ3n) is 3.79. The smallest absolute Gasteiger partial charge is 0.344 e. The van der Waals surface area contributed by atoms with E-state index in [2.05, 4.69) is 15.9 Å². The number of hydrogen-bond donors (Lipinski definition) is 0. The van der Waals surface area contributed by atoms with Crippen molar-refractivity contribution in [2.24, 2.45) is 0 Å². The van der Waals surface area contributed by atoms with E-state index in [9.17, 15) is 14.4 Å². The van der Waals surface area contributed by atoms with Crippen molar-refractivity contribution < 1.29 is 33.3 Å². The first kappa shape index (κ1) is 23.2. The lowest BCUT2D eigenvalue weighted by molar-refractivity contribution is -0.145. The second-order valence-corrected chi connectivity index (χ2v) is 7.66. The van der Waals surface area contributed by atoms with Crippen LogP contribution in [0.2, 0.25) is 0 Å². The highest BCUT2D eigenvalue weighted by Gasteiger charge is 2.34. The van der Waals surface area contributed by atoms with E-state index < -0.39 is 5.97 Å². The quantitative estimate of drug-likeness (QED) is 0.281. The minimum atomic E-state index is -0.493. The van der Waals surface area contributed by atoms with Crippen LogP contribution in [-0.4, -0.2) is 62.6 Å². The van der Waals surface area contributed by atoms with E-state index >= 15 is 0 Å². The first-order valence-corrected chi connectivity index (χ1v) is 10.4. The summed E-state index contributed by atoms with van der Waals surface area (Å²) < 4.78 is 21.2. The zero-order chi connectivity index (χ0) is 21.4. The van der Waals surface area contributed by atoms with Crippen molar-refractivity contribution in [3.05, 3.63) is 27.1 Å². The molecule has 1 aliphatic rings. The first-order chi connectivity index (χ1) is 13.9. The molecule has 2 rings (SSSR count). The Balaban J connectivity index is 2.18. The fourth-order valence-electron chi connectivity index (χ4n) is 2.51. The van der Waals surface area contributed by atoms with Gasteiger partial charge in [0, 0.05) is 20.3 Å². The van der Waals surface area contributed by atoms with Crippen LogP contribution < -0.4 is 9.47 Å². The second kappa shape index (κ2) is 11.2. The van der Waals surface area contributed by atoms with E-state index in [0.29, 0.717) is 46.0 Å². The summed E-state index contributed by atoms with van der Waals surface area (Å²) in [5.41, 5.74) is 0.639. The summed E-state index contributed by atoms with van der Waals surface area (Å²) in [5.74, 6) is -0.124. The Hall–Kier alpha value is -2.04. The molecule has 1 aromatic rings. The molecule has 1 aromatic carbocycles. The Morgan fingerprint density at radius 3 is 2.69 bits per heavy atom. The molecule has 0 saturated carbocycles. The van der Waals surface area contributed by atoms with E-state index in [1.54, 1.807) is 32.2 Å². The number of nitrogens with zero attached hydrogens (tertiary/aromatic N) is 1. The zero-order valence-electron chi connectivity index (χ0n) is 16.4. The molecular weight excluding hydrogens is 466 g/mol. The van der Waals surface area contributed by atoms with Gasteiger partial charge >= 0.3 is 5.97 Å². The van der Waals surface area contributed by atoms with E-state index in [0.717, 1.165) is 11.8 Å². The number of carbonyl (C=O) groups is 3. The number of hydrogen-bond acceptors (Lipinski definition) is 8. The maximum atomic E-state index is 12.5. The van der Waals surface area contributed by atoms with Crippen LogP contribution in [0.15, 0.2) is 21.5 Å². The molecule has 0 bridgehead atoms. The number of amides is 2. The molecule has 10 heteroatoms. The summed E-state index contributed by atoms with van der Waals surface area (Å²) in [6.07, 6.45) is 2.19. The number of halogens is 1. The summed E-state index contributed by atoms with van der Waals surface area (Å²) in [7, 11) is 3.03. The van der Waals surface area contributed by atoms with Crippen LogP contribution in [0.1, 0.15) is 18.9 Å². The fraction of sp³-hybridized carbons (Fsp3) is 0.421. The van der Waals surface area contributed by atoms with Gasteiger partial charge in [-0.1, -0.05) is 0 Å². The molecule has 0 aliphatic carbocycles. The predicted octanol–water partition coefficient (Wildman–Crippen LogP) is 3.47. The third kappa shape index (κ3) is 6.22. The molecule has 0 aromatic heterocycles. The molecule has 1 fully saturated rings. The van der Waals surface area contributed by atoms with Gasteiger partial charge in [0.15, 0.2) is 18.1 Å². The molecule has 8 nitrogen and oxygen atoms in total. The number of imide groups is 1. The summed E-state index contributed by atoms with van der Waals surface area (Å²) >= 11 is 4.28.